The fourth-order valence-corrected chi connectivity index (χ4v) is 2.99. The summed E-state index contributed by atoms with van der Waals surface area (Å²) in [4.78, 5) is 2.59. The van der Waals surface area contributed by atoms with Gasteiger partial charge < -0.3 is 15.0 Å². The summed E-state index contributed by atoms with van der Waals surface area (Å²) >= 11 is 0. The van der Waals surface area contributed by atoms with Crippen LogP contribution in [0.1, 0.15) is 51.6 Å². The van der Waals surface area contributed by atoms with Crippen molar-refractivity contribution in [2.45, 2.75) is 52.2 Å². The maximum absolute atomic E-state index is 5.73. The van der Waals surface area contributed by atoms with Gasteiger partial charge in [-0.2, -0.15) is 0 Å². The van der Waals surface area contributed by atoms with Crippen molar-refractivity contribution < 1.29 is 4.74 Å². The molecule has 1 fully saturated rings. The van der Waals surface area contributed by atoms with Crippen LogP contribution in [0.15, 0.2) is 24.3 Å². The zero-order valence-electron chi connectivity index (χ0n) is 13.8. The maximum atomic E-state index is 5.73. The average Bonchev–Trinajstić information content (AvgIpc) is 2.48. The predicted octanol–water partition coefficient (Wildman–Crippen LogP) is 3.61. The highest BCUT2D eigenvalue weighted by Gasteiger charge is 2.17. The maximum Gasteiger partial charge on any atom is 0.119 e. The molecular weight excluding hydrogens is 260 g/mol. The largest absolute Gasteiger partial charge is 0.491 e. The molecule has 1 atom stereocenters. The molecule has 1 aromatic rings. The Kier molecular flexibility index (Phi) is 6.52. The van der Waals surface area contributed by atoms with Crippen LogP contribution in [0.25, 0.3) is 0 Å². The minimum atomic E-state index is 0.230. The van der Waals surface area contributed by atoms with Crippen molar-refractivity contribution >= 4 is 0 Å². The molecule has 1 saturated heterocycles. The normalized spacial score (nSPS) is 17.9. The molecule has 21 heavy (non-hydrogen) atoms. The molecule has 0 bridgehead atoms. The second kappa shape index (κ2) is 8.40. The van der Waals surface area contributed by atoms with Crippen LogP contribution in [0.4, 0.5) is 0 Å². The average molecular weight is 290 g/mol. The second-order valence-corrected chi connectivity index (χ2v) is 6.21. The van der Waals surface area contributed by atoms with Crippen molar-refractivity contribution in [1.29, 1.82) is 0 Å². The molecule has 1 aliphatic heterocycles. The van der Waals surface area contributed by atoms with Crippen molar-refractivity contribution in [2.24, 2.45) is 0 Å². The molecule has 118 valence electrons. The van der Waals surface area contributed by atoms with Gasteiger partial charge in [-0.25, -0.2) is 0 Å². The Morgan fingerprint density at radius 1 is 1.10 bits per heavy atom. The number of rotatable bonds is 7. The first kappa shape index (κ1) is 16.3. The molecule has 1 unspecified atom stereocenters. The van der Waals surface area contributed by atoms with Crippen molar-refractivity contribution in [2.75, 3.05) is 26.2 Å². The summed E-state index contributed by atoms with van der Waals surface area (Å²) in [6.07, 6.45) is 4.32. The van der Waals surface area contributed by atoms with E-state index in [0.717, 1.165) is 18.8 Å². The number of ether oxygens (including phenoxy) is 1. The lowest BCUT2D eigenvalue weighted by Crippen LogP contribution is -2.38. The molecule has 3 heteroatoms. The lowest BCUT2D eigenvalue weighted by atomic mass is 10.0. The summed E-state index contributed by atoms with van der Waals surface area (Å²) in [7, 11) is 0. The number of piperidine rings is 1. The molecule has 0 spiro atoms. The van der Waals surface area contributed by atoms with Crippen LogP contribution in [0.5, 0.6) is 5.75 Å². The van der Waals surface area contributed by atoms with E-state index in [4.69, 9.17) is 4.74 Å². The van der Waals surface area contributed by atoms with Crippen LogP contribution in [0.2, 0.25) is 0 Å². The molecular formula is C18H30N2O. The Balaban J connectivity index is 1.99. The number of hydrogen-bond donors (Lipinski definition) is 1. The van der Waals surface area contributed by atoms with Gasteiger partial charge >= 0.3 is 0 Å². The Bertz CT molecular complexity index is 396. The smallest absolute Gasteiger partial charge is 0.119 e. The first-order valence-electron chi connectivity index (χ1n) is 8.41. The summed E-state index contributed by atoms with van der Waals surface area (Å²) in [6.45, 7) is 10.9. The Hall–Kier alpha value is -1.06. The molecule has 3 nitrogen and oxygen atoms in total. The Morgan fingerprint density at radius 2 is 1.76 bits per heavy atom. The van der Waals surface area contributed by atoms with E-state index in [2.05, 4.69) is 55.3 Å². The van der Waals surface area contributed by atoms with E-state index in [1.54, 1.807) is 0 Å². The number of nitrogens with zero attached hydrogens (tertiary/aromatic N) is 1. The minimum Gasteiger partial charge on any atom is -0.491 e. The topological polar surface area (TPSA) is 24.5 Å². The van der Waals surface area contributed by atoms with Gasteiger partial charge in [-0.3, -0.25) is 0 Å². The van der Waals surface area contributed by atoms with Crippen molar-refractivity contribution in [3.8, 4) is 5.75 Å². The standard InChI is InChI=1S/C18H30N2O/c1-4-19-18(14-20-12-6-5-7-13-20)16-8-10-17(11-9-16)21-15(2)3/h8-11,15,18-19H,4-7,12-14H2,1-3H3. The van der Waals surface area contributed by atoms with Gasteiger partial charge in [-0.15, -0.1) is 0 Å². The van der Waals surface area contributed by atoms with Gasteiger partial charge in [0.25, 0.3) is 0 Å². The van der Waals surface area contributed by atoms with Crippen LogP contribution in [-0.4, -0.2) is 37.2 Å². The van der Waals surface area contributed by atoms with Crippen LogP contribution in [0.3, 0.4) is 0 Å². The van der Waals surface area contributed by atoms with Gasteiger partial charge in [0.2, 0.25) is 0 Å². The fraction of sp³-hybridized carbons (Fsp3) is 0.667. The Morgan fingerprint density at radius 3 is 2.33 bits per heavy atom. The van der Waals surface area contributed by atoms with E-state index >= 15 is 0 Å². The number of nitrogens with one attached hydrogen (secondary N) is 1. The summed E-state index contributed by atoms with van der Waals surface area (Å²) in [6, 6.07) is 9.01. The van der Waals surface area contributed by atoms with Crippen LogP contribution in [0, 0.1) is 0 Å². The van der Waals surface area contributed by atoms with E-state index in [0.29, 0.717) is 6.04 Å². The third-order valence-corrected chi connectivity index (χ3v) is 3.99. The number of hydrogen-bond acceptors (Lipinski definition) is 3. The third kappa shape index (κ3) is 5.33. The molecule has 0 saturated carbocycles. The molecule has 0 radical (unpaired) electrons. The van der Waals surface area contributed by atoms with Gasteiger partial charge in [-0.05, 0) is 64.0 Å². The molecule has 1 N–H and O–H groups in total. The van der Waals surface area contributed by atoms with E-state index in [9.17, 15) is 0 Å². The first-order chi connectivity index (χ1) is 10.2. The molecule has 0 aliphatic carbocycles. The van der Waals surface area contributed by atoms with Gasteiger partial charge in [0.15, 0.2) is 0 Å². The van der Waals surface area contributed by atoms with Crippen LogP contribution in [-0.2, 0) is 0 Å². The number of likely N-dealkylation sites (N-methyl/N-ethyl adjacent to an activating group) is 1. The number of likely N-dealkylation sites (tertiary alicyclic amines) is 1. The lowest BCUT2D eigenvalue weighted by Gasteiger charge is -2.31. The lowest BCUT2D eigenvalue weighted by molar-refractivity contribution is 0.206. The van der Waals surface area contributed by atoms with E-state index in [1.807, 2.05) is 0 Å². The molecule has 1 aliphatic rings. The SMILES string of the molecule is CCNC(CN1CCCCC1)c1ccc(OC(C)C)cc1. The molecule has 0 aromatic heterocycles. The van der Waals surface area contributed by atoms with E-state index in [1.165, 1.54) is 37.9 Å². The van der Waals surface area contributed by atoms with Gasteiger partial charge in [0, 0.05) is 12.6 Å². The van der Waals surface area contributed by atoms with Gasteiger partial charge in [0.1, 0.15) is 5.75 Å². The van der Waals surface area contributed by atoms with Crippen LogP contribution < -0.4 is 10.1 Å². The van der Waals surface area contributed by atoms with Crippen LogP contribution >= 0.6 is 0 Å². The fourth-order valence-electron chi connectivity index (χ4n) is 2.99. The quantitative estimate of drug-likeness (QED) is 0.830. The predicted molar refractivity (Wildman–Crippen MR) is 88.9 cm³/mol. The molecule has 1 aromatic carbocycles. The van der Waals surface area contributed by atoms with E-state index < -0.39 is 0 Å². The van der Waals surface area contributed by atoms with Crippen molar-refractivity contribution in [3.05, 3.63) is 29.8 Å². The molecule has 1 heterocycles. The van der Waals surface area contributed by atoms with Gasteiger partial charge in [-0.1, -0.05) is 25.5 Å². The second-order valence-electron chi connectivity index (χ2n) is 6.21. The molecule has 0 amide bonds. The first-order valence-corrected chi connectivity index (χ1v) is 8.41. The highest BCUT2D eigenvalue weighted by atomic mass is 16.5. The highest BCUT2D eigenvalue weighted by molar-refractivity contribution is 5.29. The highest BCUT2D eigenvalue weighted by Crippen LogP contribution is 2.21. The zero-order chi connectivity index (χ0) is 15.1. The molecule has 2 rings (SSSR count). The summed E-state index contributed by atoms with van der Waals surface area (Å²) in [5, 5.41) is 3.62. The zero-order valence-corrected chi connectivity index (χ0v) is 13.8. The Labute approximate surface area is 129 Å². The minimum absolute atomic E-state index is 0.230. The monoisotopic (exact) mass is 290 g/mol. The summed E-state index contributed by atoms with van der Waals surface area (Å²) in [5.74, 6) is 0.960. The van der Waals surface area contributed by atoms with E-state index in [-0.39, 0.29) is 6.10 Å². The number of benzene rings is 1. The van der Waals surface area contributed by atoms with Crippen molar-refractivity contribution in [3.63, 3.8) is 0 Å². The summed E-state index contributed by atoms with van der Waals surface area (Å²) in [5.41, 5.74) is 1.36. The third-order valence-electron chi connectivity index (χ3n) is 3.99. The van der Waals surface area contributed by atoms with Crippen molar-refractivity contribution in [1.82, 2.24) is 10.2 Å². The van der Waals surface area contributed by atoms with Gasteiger partial charge in [0.05, 0.1) is 6.10 Å². The summed E-state index contributed by atoms with van der Waals surface area (Å²) < 4.78 is 5.73.